The van der Waals surface area contributed by atoms with Crippen molar-refractivity contribution < 1.29 is 4.74 Å². The molecule has 0 spiro atoms. The Morgan fingerprint density at radius 2 is 2.05 bits per heavy atom. The summed E-state index contributed by atoms with van der Waals surface area (Å²) in [4.78, 5) is 4.25. The molecule has 0 bridgehead atoms. The number of fused-ring (bicyclic) bond motifs is 1. The van der Waals surface area contributed by atoms with Crippen molar-refractivity contribution in [3.05, 3.63) is 29.3 Å². The standard InChI is InChI=1S/C17H27N3O.HI/c1-3-4-5-10-19-17(18-2)20-11-8-14-6-7-16-15(13-14)9-12-21-16;/h6-7,13H,3-5,8-12H2,1-2H3,(H2,18,19,20);1H. The number of benzene rings is 1. The van der Waals surface area contributed by atoms with Gasteiger partial charge < -0.3 is 15.4 Å². The number of guanidine groups is 1. The zero-order valence-corrected chi connectivity index (χ0v) is 16.0. The number of hydrogen-bond acceptors (Lipinski definition) is 2. The topological polar surface area (TPSA) is 45.7 Å². The van der Waals surface area contributed by atoms with E-state index in [1.807, 2.05) is 7.05 Å². The minimum atomic E-state index is 0. The summed E-state index contributed by atoms with van der Waals surface area (Å²) in [6, 6.07) is 6.51. The first kappa shape index (κ1) is 19.1. The van der Waals surface area contributed by atoms with Gasteiger partial charge in [-0.25, -0.2) is 0 Å². The highest BCUT2D eigenvalue weighted by Gasteiger charge is 2.11. The molecule has 0 aliphatic carbocycles. The average Bonchev–Trinajstić information content (AvgIpc) is 2.97. The second kappa shape index (κ2) is 10.7. The van der Waals surface area contributed by atoms with Gasteiger partial charge in [0.25, 0.3) is 0 Å². The summed E-state index contributed by atoms with van der Waals surface area (Å²) >= 11 is 0. The SMILES string of the molecule is CCCCCNC(=NC)NCCc1ccc2c(c1)CCO2.I. The Kier molecular flexibility index (Phi) is 9.27. The zero-order chi connectivity index (χ0) is 14.9. The lowest BCUT2D eigenvalue weighted by Crippen LogP contribution is -2.38. The first-order valence-corrected chi connectivity index (χ1v) is 8.02. The minimum Gasteiger partial charge on any atom is -0.493 e. The Hall–Kier alpha value is -0.980. The molecule has 0 atom stereocenters. The van der Waals surface area contributed by atoms with Gasteiger partial charge >= 0.3 is 0 Å². The van der Waals surface area contributed by atoms with Crippen LogP contribution in [0, 0.1) is 0 Å². The van der Waals surface area contributed by atoms with Gasteiger partial charge in [-0.15, -0.1) is 24.0 Å². The third kappa shape index (κ3) is 6.02. The fourth-order valence-electron chi connectivity index (χ4n) is 2.52. The molecule has 0 radical (unpaired) electrons. The molecule has 2 rings (SSSR count). The first-order chi connectivity index (χ1) is 10.3. The third-order valence-corrected chi connectivity index (χ3v) is 3.76. The maximum Gasteiger partial charge on any atom is 0.190 e. The molecular formula is C17H28IN3O. The summed E-state index contributed by atoms with van der Waals surface area (Å²) in [5, 5.41) is 6.72. The van der Waals surface area contributed by atoms with Crippen molar-refractivity contribution in [3.8, 4) is 5.75 Å². The van der Waals surface area contributed by atoms with E-state index in [-0.39, 0.29) is 24.0 Å². The van der Waals surface area contributed by atoms with Crippen molar-refractivity contribution >= 4 is 29.9 Å². The van der Waals surface area contributed by atoms with E-state index in [9.17, 15) is 0 Å². The molecule has 0 fully saturated rings. The maximum absolute atomic E-state index is 5.53. The van der Waals surface area contributed by atoms with Gasteiger partial charge in [0.1, 0.15) is 5.75 Å². The van der Waals surface area contributed by atoms with E-state index >= 15 is 0 Å². The van der Waals surface area contributed by atoms with Crippen LogP contribution in [0.3, 0.4) is 0 Å². The lowest BCUT2D eigenvalue weighted by atomic mass is 10.1. The highest BCUT2D eigenvalue weighted by atomic mass is 127. The van der Waals surface area contributed by atoms with E-state index in [0.29, 0.717) is 0 Å². The smallest absolute Gasteiger partial charge is 0.190 e. The van der Waals surface area contributed by atoms with Crippen molar-refractivity contribution in [1.82, 2.24) is 10.6 Å². The Labute approximate surface area is 151 Å². The number of halogens is 1. The number of hydrogen-bond donors (Lipinski definition) is 2. The molecule has 0 saturated heterocycles. The molecule has 22 heavy (non-hydrogen) atoms. The van der Waals surface area contributed by atoms with Gasteiger partial charge in [0.05, 0.1) is 6.61 Å². The molecule has 0 aromatic heterocycles. The molecule has 0 saturated carbocycles. The van der Waals surface area contributed by atoms with Crippen LogP contribution in [-0.4, -0.2) is 32.7 Å². The van der Waals surface area contributed by atoms with E-state index in [0.717, 1.165) is 44.2 Å². The molecular weight excluding hydrogens is 389 g/mol. The van der Waals surface area contributed by atoms with Crippen molar-refractivity contribution in [2.45, 2.75) is 39.0 Å². The van der Waals surface area contributed by atoms with Crippen LogP contribution < -0.4 is 15.4 Å². The Morgan fingerprint density at radius 1 is 1.23 bits per heavy atom. The number of rotatable bonds is 7. The Morgan fingerprint density at radius 3 is 2.82 bits per heavy atom. The second-order valence-corrected chi connectivity index (χ2v) is 5.42. The minimum absolute atomic E-state index is 0. The number of nitrogens with one attached hydrogen (secondary N) is 2. The van der Waals surface area contributed by atoms with Crippen LogP contribution >= 0.6 is 24.0 Å². The number of unbranched alkanes of at least 4 members (excludes halogenated alkanes) is 2. The quantitative estimate of drug-likeness (QED) is 0.310. The van der Waals surface area contributed by atoms with Gasteiger partial charge in [-0.2, -0.15) is 0 Å². The largest absolute Gasteiger partial charge is 0.493 e. The van der Waals surface area contributed by atoms with Gasteiger partial charge in [0.2, 0.25) is 0 Å². The molecule has 2 N–H and O–H groups in total. The first-order valence-electron chi connectivity index (χ1n) is 8.02. The van der Waals surface area contributed by atoms with E-state index in [1.54, 1.807) is 0 Å². The number of nitrogens with zero attached hydrogens (tertiary/aromatic N) is 1. The second-order valence-electron chi connectivity index (χ2n) is 5.42. The fourth-order valence-corrected chi connectivity index (χ4v) is 2.52. The van der Waals surface area contributed by atoms with E-state index in [1.165, 1.54) is 30.4 Å². The lowest BCUT2D eigenvalue weighted by Gasteiger charge is -2.12. The summed E-state index contributed by atoms with van der Waals surface area (Å²) in [5.41, 5.74) is 2.70. The molecule has 1 aromatic carbocycles. The summed E-state index contributed by atoms with van der Waals surface area (Å²) < 4.78 is 5.53. The normalized spacial score (nSPS) is 13.1. The number of ether oxygens (including phenoxy) is 1. The van der Waals surface area contributed by atoms with Crippen LogP contribution in [0.4, 0.5) is 0 Å². The molecule has 1 heterocycles. The summed E-state index contributed by atoms with van der Waals surface area (Å²) in [5.74, 6) is 1.95. The van der Waals surface area contributed by atoms with E-state index in [2.05, 4.69) is 40.7 Å². The van der Waals surface area contributed by atoms with Crippen LogP contribution in [0.5, 0.6) is 5.75 Å². The van der Waals surface area contributed by atoms with Crippen LogP contribution in [0.15, 0.2) is 23.2 Å². The fraction of sp³-hybridized carbons (Fsp3) is 0.588. The van der Waals surface area contributed by atoms with E-state index < -0.39 is 0 Å². The van der Waals surface area contributed by atoms with Gasteiger partial charge in [0, 0.05) is 26.6 Å². The van der Waals surface area contributed by atoms with Crippen molar-refractivity contribution in [2.75, 3.05) is 26.7 Å². The third-order valence-electron chi connectivity index (χ3n) is 3.76. The summed E-state index contributed by atoms with van der Waals surface area (Å²) in [6.07, 6.45) is 5.75. The Balaban J connectivity index is 0.00000242. The molecule has 1 aliphatic rings. The van der Waals surface area contributed by atoms with E-state index in [4.69, 9.17) is 4.74 Å². The highest BCUT2D eigenvalue weighted by molar-refractivity contribution is 14.0. The molecule has 5 heteroatoms. The molecule has 124 valence electrons. The van der Waals surface area contributed by atoms with Crippen LogP contribution in [-0.2, 0) is 12.8 Å². The predicted octanol–water partition coefficient (Wildman–Crippen LogP) is 3.14. The summed E-state index contributed by atoms with van der Waals surface area (Å²) in [6.45, 7) is 4.93. The molecule has 0 unspecified atom stereocenters. The number of aliphatic imine (C=N–C) groups is 1. The lowest BCUT2D eigenvalue weighted by molar-refractivity contribution is 0.357. The van der Waals surface area contributed by atoms with Crippen molar-refractivity contribution in [1.29, 1.82) is 0 Å². The summed E-state index contributed by atoms with van der Waals surface area (Å²) in [7, 11) is 1.82. The van der Waals surface area contributed by atoms with Gasteiger partial charge in [-0.3, -0.25) is 4.99 Å². The van der Waals surface area contributed by atoms with Gasteiger partial charge in [-0.05, 0) is 30.0 Å². The van der Waals surface area contributed by atoms with Gasteiger partial charge in [-0.1, -0.05) is 31.9 Å². The van der Waals surface area contributed by atoms with Crippen molar-refractivity contribution in [2.24, 2.45) is 4.99 Å². The Bertz CT molecular complexity index is 477. The monoisotopic (exact) mass is 417 g/mol. The van der Waals surface area contributed by atoms with Crippen LogP contribution in [0.2, 0.25) is 0 Å². The van der Waals surface area contributed by atoms with Crippen LogP contribution in [0.1, 0.15) is 37.3 Å². The molecule has 1 aromatic rings. The molecule has 0 amide bonds. The predicted molar refractivity (Wildman–Crippen MR) is 104 cm³/mol. The maximum atomic E-state index is 5.53. The van der Waals surface area contributed by atoms with Crippen molar-refractivity contribution in [3.63, 3.8) is 0 Å². The molecule has 4 nitrogen and oxygen atoms in total. The molecule has 1 aliphatic heterocycles. The zero-order valence-electron chi connectivity index (χ0n) is 13.7. The van der Waals surface area contributed by atoms with Gasteiger partial charge in [0.15, 0.2) is 5.96 Å². The van der Waals surface area contributed by atoms with Crippen LogP contribution in [0.25, 0.3) is 0 Å². The highest BCUT2D eigenvalue weighted by Crippen LogP contribution is 2.25. The average molecular weight is 417 g/mol.